The van der Waals surface area contributed by atoms with Gasteiger partial charge >= 0.3 is 17.9 Å². The van der Waals surface area contributed by atoms with Gasteiger partial charge in [0.2, 0.25) is 0 Å². The van der Waals surface area contributed by atoms with Gasteiger partial charge in [-0.3, -0.25) is 14.4 Å². The molecule has 6 nitrogen and oxygen atoms in total. The van der Waals surface area contributed by atoms with Gasteiger partial charge in [-0.1, -0.05) is 243 Å². The van der Waals surface area contributed by atoms with Gasteiger partial charge in [0.25, 0.3) is 0 Å². The molecule has 0 radical (unpaired) electrons. The van der Waals surface area contributed by atoms with E-state index in [0.29, 0.717) is 19.3 Å². The Kier molecular flexibility index (Phi) is 52.3. The summed E-state index contributed by atoms with van der Waals surface area (Å²) < 4.78 is 16.9. The number of hydrogen-bond donors (Lipinski definition) is 0. The summed E-state index contributed by atoms with van der Waals surface area (Å²) in [5, 5.41) is 0. The molecule has 0 rings (SSSR count). The van der Waals surface area contributed by atoms with Crippen LogP contribution >= 0.6 is 0 Å². The van der Waals surface area contributed by atoms with Gasteiger partial charge in [-0.25, -0.2) is 0 Å². The van der Waals surface area contributed by atoms with Crippen molar-refractivity contribution in [3.05, 3.63) is 36.5 Å². The summed E-state index contributed by atoms with van der Waals surface area (Å²) >= 11 is 0. The molecule has 0 saturated heterocycles. The van der Waals surface area contributed by atoms with Gasteiger partial charge < -0.3 is 14.2 Å². The van der Waals surface area contributed by atoms with Crippen molar-refractivity contribution in [2.24, 2.45) is 0 Å². The van der Waals surface area contributed by atoms with E-state index in [0.717, 1.165) is 77.0 Å². The van der Waals surface area contributed by atoms with E-state index in [1.165, 1.54) is 186 Å². The van der Waals surface area contributed by atoms with E-state index in [4.69, 9.17) is 14.2 Å². The molecule has 0 aliphatic rings. The lowest BCUT2D eigenvalue weighted by Gasteiger charge is -2.18. The van der Waals surface area contributed by atoms with E-state index in [1.54, 1.807) is 0 Å². The second-order valence-corrected chi connectivity index (χ2v) is 19.2. The molecular formula is C59H108O6. The van der Waals surface area contributed by atoms with Crippen molar-refractivity contribution < 1.29 is 28.6 Å². The molecule has 65 heavy (non-hydrogen) atoms. The van der Waals surface area contributed by atoms with Gasteiger partial charge in [0, 0.05) is 19.3 Å². The first-order chi connectivity index (χ1) is 32.0. The highest BCUT2D eigenvalue weighted by Crippen LogP contribution is 2.16. The molecule has 0 aliphatic carbocycles. The third-order valence-corrected chi connectivity index (χ3v) is 12.6. The van der Waals surface area contributed by atoms with E-state index in [9.17, 15) is 14.4 Å². The van der Waals surface area contributed by atoms with Gasteiger partial charge in [0.15, 0.2) is 6.10 Å². The van der Waals surface area contributed by atoms with Crippen LogP contribution in [0.5, 0.6) is 0 Å². The molecule has 0 bridgehead atoms. The van der Waals surface area contributed by atoms with Crippen molar-refractivity contribution in [3.63, 3.8) is 0 Å². The maximum atomic E-state index is 12.8. The molecule has 0 fully saturated rings. The van der Waals surface area contributed by atoms with E-state index in [2.05, 4.69) is 57.2 Å². The quantitative estimate of drug-likeness (QED) is 0.0262. The minimum absolute atomic E-state index is 0.0745. The highest BCUT2D eigenvalue weighted by Gasteiger charge is 2.19. The highest BCUT2D eigenvalue weighted by atomic mass is 16.6. The standard InChI is InChI=1S/C59H108O6/c1-4-7-10-13-16-19-22-25-28-29-30-32-34-37-40-43-46-49-52-58(61)64-55-56(54-63-57(60)51-48-45-42-39-36-33-27-24-21-18-15-12-9-6-3)65-59(62)53-50-47-44-41-38-35-31-26-23-20-17-14-11-8-5-2/h19,22,26,28-29,31,56H,4-18,20-21,23-25,27,30,32-55H2,1-3H3/b22-19-,29-28-,31-26-. The second kappa shape index (κ2) is 54.2. The van der Waals surface area contributed by atoms with Gasteiger partial charge in [-0.2, -0.15) is 0 Å². The Bertz CT molecular complexity index is 1090. The number of hydrogen-bond acceptors (Lipinski definition) is 6. The first kappa shape index (κ1) is 62.6. The predicted molar refractivity (Wildman–Crippen MR) is 279 cm³/mol. The molecule has 0 aromatic rings. The molecule has 1 unspecified atom stereocenters. The normalized spacial score (nSPS) is 12.2. The van der Waals surface area contributed by atoms with Crippen LogP contribution in [0.1, 0.15) is 303 Å². The lowest BCUT2D eigenvalue weighted by atomic mass is 10.0. The van der Waals surface area contributed by atoms with Crippen LogP contribution < -0.4 is 0 Å². The predicted octanol–water partition coefficient (Wildman–Crippen LogP) is 18.9. The second-order valence-electron chi connectivity index (χ2n) is 19.2. The Morgan fingerprint density at radius 3 is 0.877 bits per heavy atom. The molecule has 380 valence electrons. The molecular weight excluding hydrogens is 805 g/mol. The van der Waals surface area contributed by atoms with Crippen molar-refractivity contribution in [1.82, 2.24) is 0 Å². The summed E-state index contributed by atoms with van der Waals surface area (Å²) in [4.78, 5) is 38.1. The first-order valence-corrected chi connectivity index (χ1v) is 28.5. The van der Waals surface area contributed by atoms with Crippen molar-refractivity contribution in [3.8, 4) is 0 Å². The summed E-state index contributed by atoms with van der Waals surface area (Å²) in [5.41, 5.74) is 0. The SMILES string of the molecule is CCCCCC/C=C\C/C=C\CCCCCCCCCC(=O)OCC(COC(=O)CCCCCCCCCCCCCCCC)OC(=O)CCCCCCC/C=C\CCCCCCCC. The number of allylic oxidation sites excluding steroid dienone is 6. The monoisotopic (exact) mass is 913 g/mol. The number of rotatable bonds is 52. The Labute approximate surface area is 404 Å². The van der Waals surface area contributed by atoms with Gasteiger partial charge in [-0.05, 0) is 77.0 Å². The molecule has 1 atom stereocenters. The number of esters is 3. The smallest absolute Gasteiger partial charge is 0.306 e. The fraction of sp³-hybridized carbons (Fsp3) is 0.847. The van der Waals surface area contributed by atoms with Crippen molar-refractivity contribution in [2.75, 3.05) is 13.2 Å². The lowest BCUT2D eigenvalue weighted by molar-refractivity contribution is -0.167. The van der Waals surface area contributed by atoms with Crippen LogP contribution in [0.25, 0.3) is 0 Å². The molecule has 0 spiro atoms. The molecule has 0 heterocycles. The Balaban J connectivity index is 4.36. The van der Waals surface area contributed by atoms with Gasteiger partial charge in [0.05, 0.1) is 0 Å². The van der Waals surface area contributed by atoms with Crippen LogP contribution in [-0.4, -0.2) is 37.2 Å². The van der Waals surface area contributed by atoms with E-state index in [-0.39, 0.29) is 31.1 Å². The molecule has 0 aromatic heterocycles. The summed E-state index contributed by atoms with van der Waals surface area (Å²) in [7, 11) is 0. The molecule has 0 saturated carbocycles. The third-order valence-electron chi connectivity index (χ3n) is 12.6. The number of unbranched alkanes of at least 4 members (excludes halogenated alkanes) is 35. The average molecular weight is 914 g/mol. The first-order valence-electron chi connectivity index (χ1n) is 28.5. The number of carbonyl (C=O) groups is 3. The van der Waals surface area contributed by atoms with E-state index < -0.39 is 6.10 Å². The lowest BCUT2D eigenvalue weighted by Crippen LogP contribution is -2.30. The van der Waals surface area contributed by atoms with Gasteiger partial charge in [0.1, 0.15) is 13.2 Å². The average Bonchev–Trinajstić information content (AvgIpc) is 3.30. The van der Waals surface area contributed by atoms with Crippen LogP contribution in [0, 0.1) is 0 Å². The molecule has 0 amide bonds. The number of ether oxygens (including phenoxy) is 3. The fourth-order valence-corrected chi connectivity index (χ4v) is 8.29. The van der Waals surface area contributed by atoms with Gasteiger partial charge in [-0.15, -0.1) is 0 Å². The maximum Gasteiger partial charge on any atom is 0.306 e. The summed E-state index contributed by atoms with van der Waals surface area (Å²) in [6.07, 6.45) is 64.1. The molecule has 0 aliphatic heterocycles. The zero-order valence-corrected chi connectivity index (χ0v) is 43.5. The minimum Gasteiger partial charge on any atom is -0.462 e. The van der Waals surface area contributed by atoms with E-state index in [1.807, 2.05) is 0 Å². The van der Waals surface area contributed by atoms with Crippen molar-refractivity contribution in [2.45, 2.75) is 309 Å². The molecule has 0 N–H and O–H groups in total. The van der Waals surface area contributed by atoms with Crippen molar-refractivity contribution in [1.29, 1.82) is 0 Å². The maximum absolute atomic E-state index is 12.8. The minimum atomic E-state index is -0.776. The third kappa shape index (κ3) is 52.5. The Hall–Kier alpha value is -2.37. The van der Waals surface area contributed by atoms with Crippen LogP contribution in [0.2, 0.25) is 0 Å². The fourth-order valence-electron chi connectivity index (χ4n) is 8.29. The summed E-state index contributed by atoms with van der Waals surface area (Å²) in [6.45, 7) is 6.64. The van der Waals surface area contributed by atoms with Crippen LogP contribution in [-0.2, 0) is 28.6 Å². The van der Waals surface area contributed by atoms with Crippen LogP contribution in [0.3, 0.4) is 0 Å². The van der Waals surface area contributed by atoms with E-state index >= 15 is 0 Å². The number of carbonyl (C=O) groups excluding carboxylic acids is 3. The molecule has 0 aromatic carbocycles. The summed E-state index contributed by atoms with van der Waals surface area (Å²) in [6, 6.07) is 0. The topological polar surface area (TPSA) is 78.9 Å². The summed E-state index contributed by atoms with van der Waals surface area (Å²) in [5.74, 6) is -0.875. The highest BCUT2D eigenvalue weighted by molar-refractivity contribution is 5.71. The zero-order chi connectivity index (χ0) is 47.2. The largest absolute Gasteiger partial charge is 0.462 e. The molecule has 6 heteroatoms. The Morgan fingerprint density at radius 2 is 0.554 bits per heavy atom. The van der Waals surface area contributed by atoms with Crippen LogP contribution in [0.15, 0.2) is 36.5 Å². The van der Waals surface area contributed by atoms with Crippen molar-refractivity contribution >= 4 is 17.9 Å². The van der Waals surface area contributed by atoms with Crippen LogP contribution in [0.4, 0.5) is 0 Å². The Morgan fingerprint density at radius 1 is 0.308 bits per heavy atom. The zero-order valence-electron chi connectivity index (χ0n) is 43.5.